The molecular weight excluding hydrogens is 384 g/mol. The van der Waals surface area contributed by atoms with E-state index in [-0.39, 0.29) is 35.5 Å². The number of likely N-dealkylation sites (tertiary alicyclic amines) is 1. The monoisotopic (exact) mass is 404 g/mol. The van der Waals surface area contributed by atoms with Gasteiger partial charge in [0.2, 0.25) is 11.8 Å². The van der Waals surface area contributed by atoms with Crippen molar-refractivity contribution in [3.05, 3.63) is 54.6 Å². The molecule has 3 amide bonds. The molecule has 1 saturated carbocycles. The van der Waals surface area contributed by atoms with Gasteiger partial charge >= 0.3 is 5.97 Å². The zero-order valence-corrected chi connectivity index (χ0v) is 16.1. The highest BCUT2D eigenvalue weighted by molar-refractivity contribution is 6.08. The number of nitrogens with zero attached hydrogens (tertiary/aromatic N) is 1. The molecule has 2 aromatic rings. The van der Waals surface area contributed by atoms with Crippen molar-refractivity contribution in [2.24, 2.45) is 23.7 Å². The first-order chi connectivity index (χ1) is 14.5. The van der Waals surface area contributed by atoms with E-state index < -0.39 is 25.0 Å². The second-order valence-electron chi connectivity index (χ2n) is 8.00. The van der Waals surface area contributed by atoms with E-state index in [1.165, 1.54) is 0 Å². The predicted molar refractivity (Wildman–Crippen MR) is 108 cm³/mol. The molecular formula is C23H20N2O5. The number of nitrogens with one attached hydrogen (secondary N) is 1. The normalized spacial score (nSPS) is 26.3. The molecule has 152 valence electrons. The first-order valence-electron chi connectivity index (χ1n) is 10.00. The molecule has 1 heterocycles. The van der Waals surface area contributed by atoms with Crippen LogP contribution in [0.25, 0.3) is 10.8 Å². The van der Waals surface area contributed by atoms with E-state index in [2.05, 4.69) is 5.32 Å². The Bertz CT molecular complexity index is 1070. The van der Waals surface area contributed by atoms with Gasteiger partial charge in [-0.3, -0.25) is 24.1 Å². The Morgan fingerprint density at radius 1 is 0.967 bits per heavy atom. The summed E-state index contributed by atoms with van der Waals surface area (Å²) in [6.45, 7) is -0.941. The number of benzene rings is 2. The van der Waals surface area contributed by atoms with Crippen LogP contribution in [0.1, 0.15) is 6.42 Å². The van der Waals surface area contributed by atoms with Crippen LogP contribution in [0.3, 0.4) is 0 Å². The number of carbonyl (C=O) groups is 4. The fourth-order valence-electron chi connectivity index (χ4n) is 4.96. The second-order valence-corrected chi connectivity index (χ2v) is 8.00. The molecule has 2 bridgehead atoms. The SMILES string of the molecule is O=C(COC(=O)CN1C(=O)[C@@H]2[C@@H](C1=O)[C@H]1C=C[C@H]2C1)Nc1cccc2ccccc12. The number of imide groups is 1. The largest absolute Gasteiger partial charge is 0.454 e. The lowest BCUT2D eigenvalue weighted by Crippen LogP contribution is -2.38. The van der Waals surface area contributed by atoms with Gasteiger partial charge in [0.05, 0.1) is 11.8 Å². The Hall–Kier alpha value is -3.48. The Kier molecular flexibility index (Phi) is 4.38. The second kappa shape index (κ2) is 7.09. The minimum absolute atomic E-state index is 0.0870. The predicted octanol–water partition coefficient (Wildman–Crippen LogP) is 2.13. The molecule has 1 saturated heterocycles. The van der Waals surface area contributed by atoms with E-state index >= 15 is 0 Å². The Morgan fingerprint density at radius 2 is 1.63 bits per heavy atom. The Balaban J connectivity index is 1.17. The molecule has 7 heteroatoms. The summed E-state index contributed by atoms with van der Waals surface area (Å²) >= 11 is 0. The van der Waals surface area contributed by atoms with Crippen LogP contribution in [0, 0.1) is 23.7 Å². The summed E-state index contributed by atoms with van der Waals surface area (Å²) in [5, 5.41) is 4.59. The van der Waals surface area contributed by atoms with Crippen molar-refractivity contribution in [2.45, 2.75) is 6.42 Å². The van der Waals surface area contributed by atoms with Crippen LogP contribution in [0.15, 0.2) is 54.6 Å². The standard InChI is InChI=1S/C23H20N2O5/c26-18(24-17-7-3-5-13-4-1-2-6-16(13)17)12-30-19(27)11-25-22(28)20-14-8-9-15(10-14)21(20)23(25)29/h1-9,14-15,20-21H,10-12H2,(H,24,26)/t14-,15-,20-,21-/m0/s1. The zero-order valence-electron chi connectivity index (χ0n) is 16.1. The van der Waals surface area contributed by atoms with E-state index in [4.69, 9.17) is 4.74 Å². The van der Waals surface area contributed by atoms with E-state index in [1.807, 2.05) is 48.6 Å². The van der Waals surface area contributed by atoms with Crippen molar-refractivity contribution >= 4 is 40.2 Å². The van der Waals surface area contributed by atoms with Crippen molar-refractivity contribution < 1.29 is 23.9 Å². The van der Waals surface area contributed by atoms with Gasteiger partial charge in [-0.1, -0.05) is 48.6 Å². The molecule has 0 unspecified atom stereocenters. The minimum atomic E-state index is -0.773. The summed E-state index contributed by atoms with van der Waals surface area (Å²) in [7, 11) is 0. The minimum Gasteiger partial charge on any atom is -0.454 e. The van der Waals surface area contributed by atoms with Gasteiger partial charge in [-0.15, -0.1) is 0 Å². The van der Waals surface area contributed by atoms with Crippen LogP contribution in [-0.4, -0.2) is 41.7 Å². The van der Waals surface area contributed by atoms with Gasteiger partial charge in [-0.2, -0.15) is 0 Å². The molecule has 7 nitrogen and oxygen atoms in total. The number of hydrogen-bond acceptors (Lipinski definition) is 5. The summed E-state index contributed by atoms with van der Waals surface area (Å²) in [5.41, 5.74) is 0.620. The number of ether oxygens (including phenoxy) is 1. The van der Waals surface area contributed by atoms with Gasteiger partial charge in [0.15, 0.2) is 6.61 Å². The molecule has 1 aliphatic heterocycles. The summed E-state index contributed by atoms with van der Waals surface area (Å²) in [6.07, 6.45) is 4.83. The number of allylic oxidation sites excluding steroid dienone is 2. The van der Waals surface area contributed by atoms with E-state index in [9.17, 15) is 19.2 Å². The fraction of sp³-hybridized carbons (Fsp3) is 0.304. The number of fused-ring (bicyclic) bond motifs is 6. The molecule has 30 heavy (non-hydrogen) atoms. The topological polar surface area (TPSA) is 92.8 Å². The van der Waals surface area contributed by atoms with Crippen LogP contribution in [0.2, 0.25) is 0 Å². The van der Waals surface area contributed by atoms with Crippen LogP contribution in [0.4, 0.5) is 5.69 Å². The molecule has 0 radical (unpaired) electrons. The van der Waals surface area contributed by atoms with Crippen molar-refractivity contribution in [3.63, 3.8) is 0 Å². The third kappa shape index (κ3) is 2.98. The fourth-order valence-corrected chi connectivity index (χ4v) is 4.96. The number of amides is 3. The van der Waals surface area contributed by atoms with Crippen molar-refractivity contribution in [1.29, 1.82) is 0 Å². The number of carbonyl (C=O) groups excluding carboxylic acids is 4. The number of hydrogen-bond donors (Lipinski definition) is 1. The van der Waals surface area contributed by atoms with Gasteiger partial charge in [0.25, 0.3) is 5.91 Å². The maximum absolute atomic E-state index is 12.6. The highest BCUT2D eigenvalue weighted by atomic mass is 16.5. The molecule has 2 fully saturated rings. The van der Waals surface area contributed by atoms with E-state index in [1.54, 1.807) is 6.07 Å². The summed E-state index contributed by atoms with van der Waals surface area (Å²) < 4.78 is 5.03. The third-order valence-electron chi connectivity index (χ3n) is 6.28. The lowest BCUT2D eigenvalue weighted by atomic mass is 9.85. The number of esters is 1. The van der Waals surface area contributed by atoms with Crippen molar-refractivity contribution in [1.82, 2.24) is 4.90 Å². The maximum Gasteiger partial charge on any atom is 0.326 e. The van der Waals surface area contributed by atoms with Gasteiger partial charge in [-0.05, 0) is 29.7 Å². The lowest BCUT2D eigenvalue weighted by Gasteiger charge is -2.16. The van der Waals surface area contributed by atoms with Gasteiger partial charge in [-0.25, -0.2) is 0 Å². The van der Waals surface area contributed by atoms with Crippen LogP contribution >= 0.6 is 0 Å². The van der Waals surface area contributed by atoms with Crippen LogP contribution < -0.4 is 5.32 Å². The maximum atomic E-state index is 12.6. The quantitative estimate of drug-likeness (QED) is 0.468. The zero-order chi connectivity index (χ0) is 20.8. The molecule has 2 aliphatic carbocycles. The van der Waals surface area contributed by atoms with Crippen LogP contribution in [0.5, 0.6) is 0 Å². The van der Waals surface area contributed by atoms with Crippen molar-refractivity contribution in [3.8, 4) is 0 Å². The molecule has 5 rings (SSSR count). The van der Waals surface area contributed by atoms with Gasteiger partial charge < -0.3 is 10.1 Å². The summed E-state index contributed by atoms with van der Waals surface area (Å²) in [4.78, 5) is 50.6. The molecule has 3 aliphatic rings. The highest BCUT2D eigenvalue weighted by Gasteiger charge is 2.59. The molecule has 2 aromatic carbocycles. The first-order valence-corrected chi connectivity index (χ1v) is 10.00. The highest BCUT2D eigenvalue weighted by Crippen LogP contribution is 2.52. The number of anilines is 1. The molecule has 4 atom stereocenters. The summed E-state index contributed by atoms with van der Waals surface area (Å²) in [6, 6.07) is 13.1. The number of rotatable bonds is 5. The molecule has 0 aromatic heterocycles. The average molecular weight is 404 g/mol. The smallest absolute Gasteiger partial charge is 0.326 e. The Labute approximate surface area is 172 Å². The molecule has 1 N–H and O–H groups in total. The van der Waals surface area contributed by atoms with E-state index in [0.717, 1.165) is 22.1 Å². The average Bonchev–Trinajstić information content (AvgIpc) is 3.43. The summed E-state index contributed by atoms with van der Waals surface area (Å²) in [5.74, 6) is -2.40. The van der Waals surface area contributed by atoms with Crippen LogP contribution in [-0.2, 0) is 23.9 Å². The third-order valence-corrected chi connectivity index (χ3v) is 6.28. The Morgan fingerprint density at radius 3 is 2.37 bits per heavy atom. The van der Waals surface area contributed by atoms with Crippen molar-refractivity contribution in [2.75, 3.05) is 18.5 Å². The van der Waals surface area contributed by atoms with E-state index in [0.29, 0.717) is 5.69 Å². The van der Waals surface area contributed by atoms with Gasteiger partial charge in [0, 0.05) is 11.1 Å². The first kappa shape index (κ1) is 18.5. The molecule has 0 spiro atoms. The lowest BCUT2D eigenvalue weighted by molar-refractivity contribution is -0.154. The van der Waals surface area contributed by atoms with Gasteiger partial charge in [0.1, 0.15) is 6.54 Å².